The smallest absolute Gasteiger partial charge is 0.274 e. The summed E-state index contributed by atoms with van der Waals surface area (Å²) in [5.74, 6) is 0.0116. The standard InChI is InChI=1S/C30H33FN8O3/c1-35-11-12-39-19(16-35)14-25(34-39)33-22-13-18(15-36(2)29(22)41)20-6-8-32-28(21(20)17-40)38-10-7-23-26(30(38)42)27(31)24-5-3-4-9-37(23)24/h6,8,13-15,40H,3-5,7,9-12,16-17H2,1-2H3,(H,33,34). The number of halogens is 1. The van der Waals surface area contributed by atoms with Gasteiger partial charge in [-0.1, -0.05) is 0 Å². The zero-order valence-electron chi connectivity index (χ0n) is 23.7. The summed E-state index contributed by atoms with van der Waals surface area (Å²) in [6, 6.07) is 5.42. The van der Waals surface area contributed by atoms with Crippen LogP contribution in [0.5, 0.6) is 0 Å². The van der Waals surface area contributed by atoms with E-state index in [1.165, 1.54) is 9.47 Å². The molecule has 11 nitrogen and oxygen atoms in total. The molecule has 0 saturated carbocycles. The van der Waals surface area contributed by atoms with Gasteiger partial charge in [-0.25, -0.2) is 9.37 Å². The van der Waals surface area contributed by atoms with Gasteiger partial charge in [0.25, 0.3) is 11.5 Å². The minimum absolute atomic E-state index is 0.122. The highest BCUT2D eigenvalue weighted by atomic mass is 19.1. The Morgan fingerprint density at radius 1 is 1.05 bits per heavy atom. The van der Waals surface area contributed by atoms with Gasteiger partial charge in [0, 0.05) is 74.9 Å². The minimum Gasteiger partial charge on any atom is -0.392 e. The van der Waals surface area contributed by atoms with Gasteiger partial charge in [-0.3, -0.25) is 24.1 Å². The fourth-order valence-electron chi connectivity index (χ4n) is 6.58. The molecule has 0 radical (unpaired) electrons. The molecule has 0 fully saturated rings. The first-order valence-corrected chi connectivity index (χ1v) is 14.4. The zero-order valence-corrected chi connectivity index (χ0v) is 23.7. The van der Waals surface area contributed by atoms with Crippen LogP contribution >= 0.6 is 0 Å². The first-order chi connectivity index (χ1) is 20.3. The van der Waals surface area contributed by atoms with Gasteiger partial charge in [0.2, 0.25) is 0 Å². The number of fused-ring (bicyclic) bond motifs is 4. The number of likely N-dealkylation sites (N-methyl/N-ethyl adjacent to an activating group) is 1. The molecule has 0 unspecified atom stereocenters. The summed E-state index contributed by atoms with van der Waals surface area (Å²) in [6.45, 7) is 3.12. The second kappa shape index (κ2) is 10.2. The maximum atomic E-state index is 15.5. The van der Waals surface area contributed by atoms with E-state index >= 15 is 4.39 Å². The van der Waals surface area contributed by atoms with Crippen LogP contribution in [0.1, 0.15) is 45.8 Å². The zero-order chi connectivity index (χ0) is 29.1. The lowest BCUT2D eigenvalue weighted by Crippen LogP contribution is -2.39. The molecule has 1 amide bonds. The van der Waals surface area contributed by atoms with Crippen molar-refractivity contribution < 1.29 is 14.3 Å². The van der Waals surface area contributed by atoms with Crippen LogP contribution in [-0.4, -0.2) is 59.9 Å². The maximum Gasteiger partial charge on any atom is 0.274 e. The lowest BCUT2D eigenvalue weighted by Gasteiger charge is -2.29. The van der Waals surface area contributed by atoms with Gasteiger partial charge < -0.3 is 19.6 Å². The van der Waals surface area contributed by atoms with Crippen molar-refractivity contribution in [2.45, 2.75) is 51.9 Å². The first kappa shape index (κ1) is 26.6. The number of hydrogen-bond acceptors (Lipinski definition) is 7. The van der Waals surface area contributed by atoms with Gasteiger partial charge in [0.1, 0.15) is 11.5 Å². The quantitative estimate of drug-likeness (QED) is 0.378. The van der Waals surface area contributed by atoms with Crippen molar-refractivity contribution in [2.75, 3.05) is 30.4 Å². The molecule has 12 heteroatoms. The molecule has 3 aliphatic heterocycles. The van der Waals surface area contributed by atoms with Gasteiger partial charge in [0.05, 0.1) is 30.1 Å². The maximum absolute atomic E-state index is 15.5. The molecule has 7 heterocycles. The molecule has 2 N–H and O–H groups in total. The van der Waals surface area contributed by atoms with Crippen molar-refractivity contribution in [3.8, 4) is 11.1 Å². The third kappa shape index (κ3) is 4.24. The van der Waals surface area contributed by atoms with Crippen molar-refractivity contribution >= 4 is 23.2 Å². The van der Waals surface area contributed by atoms with E-state index in [1.54, 1.807) is 31.6 Å². The molecule has 4 aromatic heterocycles. The molecule has 3 aliphatic rings. The summed E-state index contributed by atoms with van der Waals surface area (Å²) in [4.78, 5) is 35.0. The van der Waals surface area contributed by atoms with Crippen LogP contribution in [0, 0.1) is 5.82 Å². The Bertz CT molecular complexity index is 1790. The predicted octanol–water partition coefficient (Wildman–Crippen LogP) is 2.80. The van der Waals surface area contributed by atoms with E-state index in [-0.39, 0.29) is 11.1 Å². The number of aliphatic hydroxyl groups is 1. The average molecular weight is 573 g/mol. The van der Waals surface area contributed by atoms with Crippen LogP contribution in [0.15, 0.2) is 35.4 Å². The van der Waals surface area contributed by atoms with Crippen molar-refractivity contribution in [3.05, 3.63) is 75.0 Å². The third-order valence-electron chi connectivity index (χ3n) is 8.68. The number of nitrogens with one attached hydrogen (secondary N) is 1. The van der Waals surface area contributed by atoms with Crippen molar-refractivity contribution in [3.63, 3.8) is 0 Å². The van der Waals surface area contributed by atoms with Crippen LogP contribution in [-0.2, 0) is 46.1 Å². The molecule has 7 rings (SSSR count). The number of amides is 1. The number of anilines is 3. The lowest BCUT2D eigenvalue weighted by atomic mass is 10.00. The van der Waals surface area contributed by atoms with E-state index in [9.17, 15) is 14.7 Å². The Labute approximate surface area is 241 Å². The molecule has 0 aliphatic carbocycles. The molecule has 4 aromatic rings. The summed E-state index contributed by atoms with van der Waals surface area (Å²) in [5.41, 5.74) is 4.38. The second-order valence-electron chi connectivity index (χ2n) is 11.4. The summed E-state index contributed by atoms with van der Waals surface area (Å²) in [7, 11) is 3.72. The monoisotopic (exact) mass is 572 g/mol. The predicted molar refractivity (Wildman–Crippen MR) is 155 cm³/mol. The normalized spacial score (nSPS) is 16.8. The Balaban J connectivity index is 1.25. The third-order valence-corrected chi connectivity index (χ3v) is 8.68. The van der Waals surface area contributed by atoms with E-state index in [4.69, 9.17) is 0 Å². The van der Waals surface area contributed by atoms with Crippen LogP contribution in [0.4, 0.5) is 21.7 Å². The molecule has 0 bridgehead atoms. The van der Waals surface area contributed by atoms with Crippen LogP contribution in [0.3, 0.4) is 0 Å². The lowest BCUT2D eigenvalue weighted by molar-refractivity contribution is 0.0975. The molecule has 218 valence electrons. The van der Waals surface area contributed by atoms with Crippen LogP contribution in [0.25, 0.3) is 11.1 Å². The number of carbonyl (C=O) groups excluding carboxylic acids is 1. The largest absolute Gasteiger partial charge is 0.392 e. The van der Waals surface area contributed by atoms with Crippen molar-refractivity contribution in [1.29, 1.82) is 0 Å². The van der Waals surface area contributed by atoms with E-state index < -0.39 is 18.3 Å². The summed E-state index contributed by atoms with van der Waals surface area (Å²) >= 11 is 0. The Kier molecular flexibility index (Phi) is 6.47. The first-order valence-electron chi connectivity index (χ1n) is 14.4. The Morgan fingerprint density at radius 2 is 1.90 bits per heavy atom. The highest BCUT2D eigenvalue weighted by Gasteiger charge is 2.37. The number of aryl methyl sites for hydroxylation is 1. The Hall–Kier alpha value is -4.29. The Morgan fingerprint density at radius 3 is 2.74 bits per heavy atom. The van der Waals surface area contributed by atoms with E-state index in [0.29, 0.717) is 59.1 Å². The summed E-state index contributed by atoms with van der Waals surface area (Å²) in [6.07, 6.45) is 6.28. The fraction of sp³-hybridized carbons (Fsp3) is 0.400. The topological polar surface area (TPSA) is 113 Å². The van der Waals surface area contributed by atoms with Crippen LogP contribution < -0.4 is 15.8 Å². The number of aromatic nitrogens is 5. The van der Waals surface area contributed by atoms with Gasteiger partial charge >= 0.3 is 0 Å². The minimum atomic E-state index is -0.438. The fourth-order valence-corrected chi connectivity index (χ4v) is 6.58. The summed E-state index contributed by atoms with van der Waals surface area (Å²) in [5, 5.41) is 18.4. The number of hydrogen-bond donors (Lipinski definition) is 2. The SMILES string of the molecule is CN1CCn2nc(Nc3cc(-c4ccnc(N5CCc6c(c(F)c7n6CCCC7)C5=O)c4CO)cn(C)c3=O)cc2C1. The van der Waals surface area contributed by atoms with Gasteiger partial charge in [-0.2, -0.15) is 5.10 Å². The second-order valence-corrected chi connectivity index (χ2v) is 11.4. The highest BCUT2D eigenvalue weighted by Crippen LogP contribution is 2.36. The number of aliphatic hydroxyl groups excluding tert-OH is 1. The number of rotatable bonds is 5. The average Bonchev–Trinajstić information content (AvgIpc) is 3.53. The summed E-state index contributed by atoms with van der Waals surface area (Å²) < 4.78 is 20.9. The number of nitrogens with zero attached hydrogens (tertiary/aromatic N) is 7. The molecule has 42 heavy (non-hydrogen) atoms. The van der Waals surface area contributed by atoms with Crippen molar-refractivity contribution in [2.24, 2.45) is 7.05 Å². The molecule has 0 spiro atoms. The molecular weight excluding hydrogens is 539 g/mol. The van der Waals surface area contributed by atoms with E-state index in [0.717, 1.165) is 50.4 Å². The molecule has 0 saturated heterocycles. The molecule has 0 aromatic carbocycles. The van der Waals surface area contributed by atoms with Gasteiger partial charge in [-0.05, 0) is 44.0 Å². The van der Waals surface area contributed by atoms with Crippen molar-refractivity contribution in [1.82, 2.24) is 28.8 Å². The van der Waals surface area contributed by atoms with Gasteiger partial charge in [0.15, 0.2) is 11.6 Å². The molecule has 0 atom stereocenters. The number of carbonyl (C=O) groups is 1. The highest BCUT2D eigenvalue weighted by molar-refractivity contribution is 6.08. The number of pyridine rings is 2. The van der Waals surface area contributed by atoms with Crippen LogP contribution in [0.2, 0.25) is 0 Å². The van der Waals surface area contributed by atoms with Gasteiger partial charge in [-0.15, -0.1) is 0 Å². The van der Waals surface area contributed by atoms with E-state index in [1.807, 2.05) is 15.3 Å². The van der Waals surface area contributed by atoms with E-state index in [2.05, 4.69) is 27.3 Å². The molecular formula is C30H33FN8O3.